The number of nitrogens with zero attached hydrogens (tertiary/aromatic N) is 3. The number of amides is 1. The van der Waals surface area contributed by atoms with E-state index in [-0.39, 0.29) is 11.9 Å². The van der Waals surface area contributed by atoms with Gasteiger partial charge >= 0.3 is 6.01 Å². The normalized spacial score (nSPS) is 11.2. The Hall–Kier alpha value is -2.93. The van der Waals surface area contributed by atoms with E-state index < -0.39 is 5.41 Å². The van der Waals surface area contributed by atoms with Crippen molar-refractivity contribution in [2.24, 2.45) is 0 Å². The number of anilines is 1. The van der Waals surface area contributed by atoms with Crippen LogP contribution in [-0.2, 0) is 10.2 Å². The lowest BCUT2D eigenvalue weighted by molar-refractivity contribution is -0.126. The van der Waals surface area contributed by atoms with E-state index in [2.05, 4.69) is 26.0 Å². The van der Waals surface area contributed by atoms with E-state index in [1.807, 2.05) is 26.0 Å². The van der Waals surface area contributed by atoms with Crippen molar-refractivity contribution in [2.45, 2.75) is 32.1 Å². The molecule has 140 valence electrons. The highest BCUT2D eigenvalue weighted by molar-refractivity contribution is 6.30. The van der Waals surface area contributed by atoms with E-state index in [0.29, 0.717) is 23.7 Å². The van der Waals surface area contributed by atoms with Gasteiger partial charge in [0.1, 0.15) is 0 Å². The summed E-state index contributed by atoms with van der Waals surface area (Å²) in [6.45, 7) is 3.96. The Morgan fingerprint density at radius 2 is 1.78 bits per heavy atom. The number of hydrazine groups is 1. The summed E-state index contributed by atoms with van der Waals surface area (Å²) in [5.41, 5.74) is 6.38. The summed E-state index contributed by atoms with van der Waals surface area (Å²) in [7, 11) is 0. The summed E-state index contributed by atoms with van der Waals surface area (Å²) in [4.78, 5) is 21.1. The van der Waals surface area contributed by atoms with Gasteiger partial charge in [0.25, 0.3) is 0 Å². The van der Waals surface area contributed by atoms with Crippen molar-refractivity contribution in [3.8, 4) is 11.4 Å². The number of carbonyl (C=O) groups excluding carboxylic acids is 1. The van der Waals surface area contributed by atoms with Crippen LogP contribution in [-0.4, -0.2) is 21.0 Å². The minimum Gasteiger partial charge on any atom is -0.313 e. The van der Waals surface area contributed by atoms with E-state index in [1.54, 1.807) is 36.7 Å². The molecule has 0 saturated heterocycles. The summed E-state index contributed by atoms with van der Waals surface area (Å²) < 4.78 is 5.15. The van der Waals surface area contributed by atoms with E-state index in [4.69, 9.17) is 16.1 Å². The zero-order valence-corrected chi connectivity index (χ0v) is 15.8. The predicted molar refractivity (Wildman–Crippen MR) is 103 cm³/mol. The SMILES string of the molecule is CCC(CC)(C(=O)NNc1nc(-c2ccncc2)no1)c1ccc(Cl)cc1. The van der Waals surface area contributed by atoms with Crippen LogP contribution in [0.25, 0.3) is 11.4 Å². The van der Waals surface area contributed by atoms with E-state index in [9.17, 15) is 4.79 Å². The summed E-state index contributed by atoms with van der Waals surface area (Å²) in [6.07, 6.45) is 4.54. The van der Waals surface area contributed by atoms with Crippen molar-refractivity contribution in [1.29, 1.82) is 0 Å². The van der Waals surface area contributed by atoms with Crippen molar-refractivity contribution in [1.82, 2.24) is 20.6 Å². The Kier molecular flexibility index (Phi) is 5.71. The molecule has 0 aliphatic rings. The van der Waals surface area contributed by atoms with Crippen molar-refractivity contribution in [3.05, 3.63) is 59.4 Å². The highest BCUT2D eigenvalue weighted by Crippen LogP contribution is 2.32. The van der Waals surface area contributed by atoms with Gasteiger partial charge in [0.15, 0.2) is 0 Å². The van der Waals surface area contributed by atoms with Crippen molar-refractivity contribution in [3.63, 3.8) is 0 Å². The fourth-order valence-electron chi connectivity index (χ4n) is 3.00. The summed E-state index contributed by atoms with van der Waals surface area (Å²) in [5, 5.41) is 4.52. The van der Waals surface area contributed by atoms with Crippen molar-refractivity contribution in [2.75, 3.05) is 5.43 Å². The Morgan fingerprint density at radius 1 is 1.11 bits per heavy atom. The van der Waals surface area contributed by atoms with Crippen LogP contribution in [0, 0.1) is 0 Å². The maximum absolute atomic E-state index is 13.0. The lowest BCUT2D eigenvalue weighted by Crippen LogP contribution is -2.46. The topological polar surface area (TPSA) is 92.9 Å². The van der Waals surface area contributed by atoms with Gasteiger partial charge in [-0.1, -0.05) is 42.7 Å². The Balaban J connectivity index is 1.73. The molecule has 0 radical (unpaired) electrons. The molecule has 0 saturated carbocycles. The van der Waals surface area contributed by atoms with Gasteiger partial charge < -0.3 is 4.52 Å². The number of rotatable bonds is 7. The Labute approximate surface area is 162 Å². The second-order valence-electron chi connectivity index (χ2n) is 6.03. The molecule has 0 spiro atoms. The van der Waals surface area contributed by atoms with Gasteiger partial charge in [0.2, 0.25) is 11.7 Å². The molecule has 2 heterocycles. The van der Waals surface area contributed by atoms with Crippen LogP contribution < -0.4 is 10.9 Å². The van der Waals surface area contributed by atoms with E-state index in [1.165, 1.54) is 0 Å². The minimum absolute atomic E-state index is 0.104. The predicted octanol–water partition coefficient (Wildman–Crippen LogP) is 3.99. The monoisotopic (exact) mass is 385 g/mol. The second-order valence-corrected chi connectivity index (χ2v) is 6.47. The minimum atomic E-state index is -0.689. The number of benzene rings is 1. The van der Waals surface area contributed by atoms with Gasteiger partial charge in [0.05, 0.1) is 5.41 Å². The summed E-state index contributed by atoms with van der Waals surface area (Å²) >= 11 is 5.98. The number of nitrogens with one attached hydrogen (secondary N) is 2. The largest absolute Gasteiger partial charge is 0.340 e. The lowest BCUT2D eigenvalue weighted by Gasteiger charge is -2.30. The molecule has 0 fully saturated rings. The maximum atomic E-state index is 13.0. The molecular weight excluding hydrogens is 366 g/mol. The smallest absolute Gasteiger partial charge is 0.313 e. The Morgan fingerprint density at radius 3 is 2.41 bits per heavy atom. The van der Waals surface area contributed by atoms with Gasteiger partial charge in [-0.05, 0) is 42.7 Å². The molecule has 3 rings (SSSR count). The number of halogens is 1. The molecule has 3 aromatic rings. The maximum Gasteiger partial charge on any atom is 0.340 e. The number of carbonyl (C=O) groups is 1. The first-order chi connectivity index (χ1) is 13.1. The number of hydrogen-bond donors (Lipinski definition) is 2. The molecule has 1 amide bonds. The van der Waals surface area contributed by atoms with Crippen molar-refractivity contribution >= 4 is 23.5 Å². The molecule has 27 heavy (non-hydrogen) atoms. The van der Waals surface area contributed by atoms with Crippen LogP contribution in [0.3, 0.4) is 0 Å². The van der Waals surface area contributed by atoms with Crippen LogP contribution in [0.15, 0.2) is 53.3 Å². The first kappa shape index (κ1) is 18.8. The molecule has 0 bridgehead atoms. The molecule has 0 aliphatic heterocycles. The summed E-state index contributed by atoms with van der Waals surface area (Å²) in [6, 6.07) is 11.0. The molecule has 2 N–H and O–H groups in total. The number of aromatic nitrogens is 3. The zero-order valence-electron chi connectivity index (χ0n) is 15.1. The van der Waals surface area contributed by atoms with Gasteiger partial charge in [-0.25, -0.2) is 5.43 Å². The van der Waals surface area contributed by atoms with E-state index in [0.717, 1.165) is 11.1 Å². The first-order valence-electron chi connectivity index (χ1n) is 8.65. The van der Waals surface area contributed by atoms with Crippen LogP contribution in [0.2, 0.25) is 5.02 Å². The quantitative estimate of drug-likeness (QED) is 0.597. The lowest BCUT2D eigenvalue weighted by atomic mass is 9.75. The zero-order chi connectivity index (χ0) is 19.3. The van der Waals surface area contributed by atoms with Gasteiger partial charge in [-0.2, -0.15) is 4.98 Å². The standard InChI is InChI=1S/C19H20ClN5O2/c1-3-19(4-2,14-5-7-15(20)8-6-14)17(26)23-24-18-22-16(25-27-18)13-9-11-21-12-10-13/h5-12H,3-4H2,1-2H3,(H,23,26)(H,22,24,25). The molecule has 8 heteroatoms. The molecule has 1 aromatic carbocycles. The number of pyridine rings is 1. The van der Waals surface area contributed by atoms with Crippen LogP contribution >= 0.6 is 11.6 Å². The number of hydrogen-bond acceptors (Lipinski definition) is 6. The van der Waals surface area contributed by atoms with Gasteiger partial charge in [-0.3, -0.25) is 15.2 Å². The third kappa shape index (κ3) is 3.93. The molecule has 7 nitrogen and oxygen atoms in total. The Bertz CT molecular complexity index is 892. The van der Waals surface area contributed by atoms with Crippen LogP contribution in [0.4, 0.5) is 6.01 Å². The highest BCUT2D eigenvalue weighted by atomic mass is 35.5. The van der Waals surface area contributed by atoms with Crippen LogP contribution in [0.1, 0.15) is 32.3 Å². The van der Waals surface area contributed by atoms with Crippen LogP contribution in [0.5, 0.6) is 0 Å². The summed E-state index contributed by atoms with van der Waals surface area (Å²) in [5.74, 6) is 0.225. The van der Waals surface area contributed by atoms with Gasteiger partial charge in [0, 0.05) is 23.0 Å². The average molecular weight is 386 g/mol. The van der Waals surface area contributed by atoms with Gasteiger partial charge in [-0.15, -0.1) is 0 Å². The fraction of sp³-hybridized carbons (Fsp3) is 0.263. The third-order valence-corrected chi connectivity index (χ3v) is 4.94. The molecule has 0 atom stereocenters. The molecule has 0 unspecified atom stereocenters. The third-order valence-electron chi connectivity index (χ3n) is 4.69. The molecule has 0 aliphatic carbocycles. The second kappa shape index (κ2) is 8.18. The molecule has 2 aromatic heterocycles. The van der Waals surface area contributed by atoms with E-state index >= 15 is 0 Å². The highest BCUT2D eigenvalue weighted by Gasteiger charge is 2.37. The molecular formula is C19H20ClN5O2. The average Bonchev–Trinajstić information content (AvgIpc) is 3.19. The van der Waals surface area contributed by atoms with Crippen molar-refractivity contribution < 1.29 is 9.32 Å². The fourth-order valence-corrected chi connectivity index (χ4v) is 3.13. The first-order valence-corrected chi connectivity index (χ1v) is 9.03.